The van der Waals surface area contributed by atoms with E-state index in [1.807, 2.05) is 12.4 Å². The average molecular weight is 308 g/mol. The molecule has 96 valence electrons. The maximum atomic E-state index is 6.27. The number of rotatable bonds is 4. The first-order valence-corrected chi connectivity index (χ1v) is 6.92. The molecule has 0 spiro atoms. The number of halogens is 1. The van der Waals surface area contributed by atoms with E-state index in [-0.39, 0.29) is 6.04 Å². The van der Waals surface area contributed by atoms with Crippen LogP contribution in [0.5, 0.6) is 0 Å². The maximum Gasteiger partial charge on any atom is 0.110 e. The molecule has 0 radical (unpaired) electrons. The zero-order chi connectivity index (χ0) is 13.1. The van der Waals surface area contributed by atoms with Crippen molar-refractivity contribution in [3.8, 4) is 0 Å². The van der Waals surface area contributed by atoms with E-state index in [9.17, 15) is 0 Å². The van der Waals surface area contributed by atoms with Crippen molar-refractivity contribution in [3.05, 3.63) is 52.0 Å². The van der Waals surface area contributed by atoms with Gasteiger partial charge >= 0.3 is 0 Å². The second-order valence-electron chi connectivity index (χ2n) is 4.50. The monoisotopic (exact) mass is 307 g/mol. The molecule has 1 aromatic carbocycles. The van der Waals surface area contributed by atoms with Gasteiger partial charge in [-0.2, -0.15) is 0 Å². The number of nitrogens with two attached hydrogens (primary N) is 1. The van der Waals surface area contributed by atoms with Crippen LogP contribution in [0.4, 0.5) is 0 Å². The van der Waals surface area contributed by atoms with Gasteiger partial charge in [-0.05, 0) is 37.1 Å². The van der Waals surface area contributed by atoms with Gasteiger partial charge in [-0.25, -0.2) is 4.98 Å². The van der Waals surface area contributed by atoms with Crippen LogP contribution in [0, 0.1) is 6.92 Å². The third-order valence-corrected chi connectivity index (χ3v) is 3.50. The number of aromatic nitrogens is 2. The molecular formula is C14H18BrN3. The molecule has 0 amide bonds. The van der Waals surface area contributed by atoms with Gasteiger partial charge in [0.25, 0.3) is 0 Å². The normalized spacial score (nSPS) is 12.7. The molecule has 3 nitrogen and oxygen atoms in total. The maximum absolute atomic E-state index is 6.27. The van der Waals surface area contributed by atoms with Gasteiger partial charge in [-0.3, -0.25) is 0 Å². The first-order chi connectivity index (χ1) is 8.60. The molecule has 0 fully saturated rings. The lowest BCUT2D eigenvalue weighted by molar-refractivity contribution is 0.627. The van der Waals surface area contributed by atoms with Crippen molar-refractivity contribution in [2.45, 2.75) is 32.9 Å². The quantitative estimate of drug-likeness (QED) is 0.942. The van der Waals surface area contributed by atoms with Crippen LogP contribution >= 0.6 is 15.9 Å². The van der Waals surface area contributed by atoms with Crippen molar-refractivity contribution in [3.63, 3.8) is 0 Å². The van der Waals surface area contributed by atoms with Crippen molar-refractivity contribution in [2.24, 2.45) is 5.73 Å². The van der Waals surface area contributed by atoms with Gasteiger partial charge in [0.2, 0.25) is 0 Å². The van der Waals surface area contributed by atoms with E-state index < -0.39 is 0 Å². The Morgan fingerprint density at radius 3 is 2.83 bits per heavy atom. The van der Waals surface area contributed by atoms with Crippen LogP contribution in [0.3, 0.4) is 0 Å². The number of nitrogens with zero attached hydrogens (tertiary/aromatic N) is 2. The van der Waals surface area contributed by atoms with Crippen LogP contribution in [-0.4, -0.2) is 9.55 Å². The van der Waals surface area contributed by atoms with Crippen molar-refractivity contribution >= 4 is 15.9 Å². The minimum Gasteiger partial charge on any atom is -0.335 e. The van der Waals surface area contributed by atoms with E-state index in [1.54, 1.807) is 0 Å². The van der Waals surface area contributed by atoms with E-state index in [0.717, 1.165) is 28.8 Å². The van der Waals surface area contributed by atoms with Gasteiger partial charge in [0.15, 0.2) is 0 Å². The van der Waals surface area contributed by atoms with Gasteiger partial charge in [0.05, 0.1) is 0 Å². The van der Waals surface area contributed by atoms with Crippen molar-refractivity contribution in [1.29, 1.82) is 0 Å². The summed E-state index contributed by atoms with van der Waals surface area (Å²) in [6.45, 7) is 5.12. The molecule has 2 aromatic rings. The molecule has 0 saturated carbocycles. The van der Waals surface area contributed by atoms with Crippen molar-refractivity contribution < 1.29 is 0 Å². The summed E-state index contributed by atoms with van der Waals surface area (Å²) in [7, 11) is 0. The Bertz CT molecular complexity index is 513. The standard InChI is InChI=1S/C14H18BrN3/c1-3-18-5-4-17-14(18)9-13(16)11-6-10(2)7-12(15)8-11/h4-8,13H,3,9,16H2,1-2H3. The van der Waals surface area contributed by atoms with Crippen molar-refractivity contribution in [1.82, 2.24) is 9.55 Å². The predicted octanol–water partition coefficient (Wildman–Crippen LogP) is 3.22. The van der Waals surface area contributed by atoms with E-state index in [1.165, 1.54) is 5.56 Å². The number of aryl methyl sites for hydroxylation is 2. The minimum absolute atomic E-state index is 0.0195. The van der Waals surface area contributed by atoms with Gasteiger partial charge < -0.3 is 10.3 Å². The lowest BCUT2D eigenvalue weighted by Crippen LogP contribution is -2.16. The molecule has 0 aliphatic heterocycles. The Kier molecular flexibility index (Phi) is 4.19. The fourth-order valence-corrected chi connectivity index (χ4v) is 2.74. The van der Waals surface area contributed by atoms with Gasteiger partial charge in [0.1, 0.15) is 5.82 Å². The third-order valence-electron chi connectivity index (χ3n) is 3.04. The van der Waals surface area contributed by atoms with Crippen LogP contribution < -0.4 is 5.73 Å². The third kappa shape index (κ3) is 3.00. The molecule has 0 bridgehead atoms. The smallest absolute Gasteiger partial charge is 0.110 e. The molecule has 2 rings (SSSR count). The van der Waals surface area contributed by atoms with Gasteiger partial charge in [-0.1, -0.05) is 22.0 Å². The highest BCUT2D eigenvalue weighted by atomic mass is 79.9. The summed E-state index contributed by atoms with van der Waals surface area (Å²) in [6, 6.07) is 6.28. The van der Waals surface area contributed by atoms with Crippen LogP contribution in [0.1, 0.15) is 29.9 Å². The Hall–Kier alpha value is -1.13. The Balaban J connectivity index is 2.19. The van der Waals surface area contributed by atoms with E-state index in [2.05, 4.69) is 57.5 Å². The fraction of sp³-hybridized carbons (Fsp3) is 0.357. The van der Waals surface area contributed by atoms with Gasteiger partial charge in [0, 0.05) is 35.9 Å². The molecule has 0 aliphatic carbocycles. The minimum atomic E-state index is -0.0195. The first kappa shape index (κ1) is 13.3. The van der Waals surface area contributed by atoms with Gasteiger partial charge in [-0.15, -0.1) is 0 Å². The molecule has 1 heterocycles. The highest BCUT2D eigenvalue weighted by Crippen LogP contribution is 2.21. The molecule has 1 aromatic heterocycles. The number of benzene rings is 1. The number of hydrogen-bond donors (Lipinski definition) is 1. The second-order valence-corrected chi connectivity index (χ2v) is 5.42. The highest BCUT2D eigenvalue weighted by molar-refractivity contribution is 9.10. The van der Waals surface area contributed by atoms with Crippen LogP contribution in [0.15, 0.2) is 35.1 Å². The first-order valence-electron chi connectivity index (χ1n) is 6.13. The molecule has 2 N–H and O–H groups in total. The Labute approximate surface area is 116 Å². The topological polar surface area (TPSA) is 43.8 Å². The van der Waals surface area contributed by atoms with E-state index in [4.69, 9.17) is 5.73 Å². The summed E-state index contributed by atoms with van der Waals surface area (Å²) in [6.07, 6.45) is 4.59. The molecule has 0 saturated heterocycles. The van der Waals surface area contributed by atoms with Crippen LogP contribution in [-0.2, 0) is 13.0 Å². The summed E-state index contributed by atoms with van der Waals surface area (Å²) in [5, 5.41) is 0. The number of imidazole rings is 1. The van der Waals surface area contributed by atoms with Crippen molar-refractivity contribution in [2.75, 3.05) is 0 Å². The molecule has 1 unspecified atom stereocenters. The summed E-state index contributed by atoms with van der Waals surface area (Å²) < 4.78 is 3.21. The molecular weight excluding hydrogens is 290 g/mol. The Morgan fingerprint density at radius 2 is 2.17 bits per heavy atom. The zero-order valence-electron chi connectivity index (χ0n) is 10.7. The molecule has 18 heavy (non-hydrogen) atoms. The summed E-state index contributed by atoms with van der Waals surface area (Å²) >= 11 is 3.51. The highest BCUT2D eigenvalue weighted by Gasteiger charge is 2.11. The SMILES string of the molecule is CCn1ccnc1CC(N)c1cc(C)cc(Br)c1. The molecule has 1 atom stereocenters. The predicted molar refractivity (Wildman–Crippen MR) is 77.4 cm³/mol. The molecule has 0 aliphatic rings. The largest absolute Gasteiger partial charge is 0.335 e. The van der Waals surface area contributed by atoms with E-state index >= 15 is 0 Å². The zero-order valence-corrected chi connectivity index (χ0v) is 12.3. The van der Waals surface area contributed by atoms with Crippen LogP contribution in [0.25, 0.3) is 0 Å². The lowest BCUT2D eigenvalue weighted by Gasteiger charge is -2.14. The molecule has 4 heteroatoms. The average Bonchev–Trinajstić information content (AvgIpc) is 2.75. The Morgan fingerprint density at radius 1 is 1.39 bits per heavy atom. The van der Waals surface area contributed by atoms with E-state index in [0.29, 0.717) is 0 Å². The summed E-state index contributed by atoms with van der Waals surface area (Å²) in [5.41, 5.74) is 8.64. The lowest BCUT2D eigenvalue weighted by atomic mass is 10.0. The summed E-state index contributed by atoms with van der Waals surface area (Å²) in [5.74, 6) is 1.04. The summed E-state index contributed by atoms with van der Waals surface area (Å²) in [4.78, 5) is 4.37. The van der Waals surface area contributed by atoms with Crippen LogP contribution in [0.2, 0.25) is 0 Å². The second kappa shape index (κ2) is 5.67. The number of hydrogen-bond acceptors (Lipinski definition) is 2. The fourth-order valence-electron chi connectivity index (χ4n) is 2.11.